The van der Waals surface area contributed by atoms with Gasteiger partial charge in [0, 0.05) is 17.6 Å². The van der Waals surface area contributed by atoms with Crippen LogP contribution in [0.4, 0.5) is 5.69 Å². The molecule has 0 radical (unpaired) electrons. The van der Waals surface area contributed by atoms with Gasteiger partial charge in [-0.3, -0.25) is 0 Å². The van der Waals surface area contributed by atoms with Gasteiger partial charge in [-0.15, -0.1) is 0 Å². The molecule has 1 heterocycles. The van der Waals surface area contributed by atoms with Crippen molar-refractivity contribution in [1.29, 1.82) is 0 Å². The van der Waals surface area contributed by atoms with Crippen LogP contribution < -0.4 is 10.6 Å². The Morgan fingerprint density at radius 2 is 2.38 bits per heavy atom. The summed E-state index contributed by atoms with van der Waals surface area (Å²) in [7, 11) is 0. The maximum Gasteiger partial charge on any atom is 0.0588 e. The van der Waals surface area contributed by atoms with Crippen LogP contribution in [0, 0.1) is 6.92 Å². The van der Waals surface area contributed by atoms with E-state index in [1.54, 1.807) is 0 Å². The first-order valence-corrected chi connectivity index (χ1v) is 5.24. The number of nitrogens with two attached hydrogens (primary N) is 1. The fourth-order valence-electron chi connectivity index (χ4n) is 1.52. The summed E-state index contributed by atoms with van der Waals surface area (Å²) in [4.78, 5) is 2.31. The molecule has 1 aromatic carbocycles. The number of rotatable bonds is 2. The Bertz CT molecular complexity index is 325. The van der Waals surface area contributed by atoms with E-state index in [1.807, 2.05) is 0 Å². The molecule has 1 atom stereocenters. The molecule has 0 amide bonds. The van der Waals surface area contributed by atoms with E-state index in [0.29, 0.717) is 6.04 Å². The maximum atomic E-state index is 5.58. The zero-order valence-electron chi connectivity index (χ0n) is 7.63. The van der Waals surface area contributed by atoms with Gasteiger partial charge in [0.2, 0.25) is 0 Å². The molecule has 2 nitrogen and oxygen atoms in total. The summed E-state index contributed by atoms with van der Waals surface area (Å²) < 4.78 is 1.17. The fourth-order valence-corrected chi connectivity index (χ4v) is 2.24. The first kappa shape index (κ1) is 9.03. The number of nitrogens with zero attached hydrogens (tertiary/aromatic N) is 1. The van der Waals surface area contributed by atoms with E-state index < -0.39 is 0 Å². The molecular formula is C10H13BrN2. The van der Waals surface area contributed by atoms with Gasteiger partial charge in [-0.1, -0.05) is 6.07 Å². The minimum atomic E-state index is 0.555. The van der Waals surface area contributed by atoms with Crippen molar-refractivity contribution in [2.24, 2.45) is 5.73 Å². The normalized spacial score (nSPS) is 20.5. The largest absolute Gasteiger partial charge is 0.362 e. The molecular weight excluding hydrogens is 228 g/mol. The quantitative estimate of drug-likeness (QED) is 0.801. The van der Waals surface area contributed by atoms with Crippen LogP contribution in [0.3, 0.4) is 0 Å². The lowest BCUT2D eigenvalue weighted by Crippen LogP contribution is -2.11. The average Bonchev–Trinajstić information content (AvgIpc) is 2.83. The monoisotopic (exact) mass is 240 g/mol. The Labute approximate surface area is 86.9 Å². The molecule has 0 aliphatic carbocycles. The van der Waals surface area contributed by atoms with Crippen LogP contribution in [0.1, 0.15) is 5.56 Å². The number of anilines is 1. The van der Waals surface area contributed by atoms with Gasteiger partial charge >= 0.3 is 0 Å². The van der Waals surface area contributed by atoms with E-state index in [-0.39, 0.29) is 0 Å². The van der Waals surface area contributed by atoms with Gasteiger partial charge in [0.05, 0.1) is 11.7 Å². The molecule has 3 heteroatoms. The van der Waals surface area contributed by atoms with Crippen LogP contribution in [0.25, 0.3) is 0 Å². The topological polar surface area (TPSA) is 29.0 Å². The Morgan fingerprint density at radius 1 is 1.62 bits per heavy atom. The molecule has 0 spiro atoms. The lowest BCUT2D eigenvalue weighted by Gasteiger charge is -2.07. The molecule has 0 bridgehead atoms. The van der Waals surface area contributed by atoms with Crippen molar-refractivity contribution in [3.63, 3.8) is 0 Å². The van der Waals surface area contributed by atoms with Crippen molar-refractivity contribution in [3.05, 3.63) is 28.2 Å². The van der Waals surface area contributed by atoms with Gasteiger partial charge < -0.3 is 10.6 Å². The van der Waals surface area contributed by atoms with Gasteiger partial charge in [0.15, 0.2) is 0 Å². The summed E-state index contributed by atoms with van der Waals surface area (Å²) in [6.45, 7) is 3.94. The maximum absolute atomic E-state index is 5.58. The molecule has 2 N–H and O–H groups in total. The number of halogens is 1. The number of hydrogen-bond donors (Lipinski definition) is 1. The zero-order valence-corrected chi connectivity index (χ0v) is 9.21. The van der Waals surface area contributed by atoms with E-state index in [2.05, 4.69) is 46.0 Å². The minimum absolute atomic E-state index is 0.555. The highest BCUT2D eigenvalue weighted by atomic mass is 79.9. The molecule has 1 aliphatic heterocycles. The highest BCUT2D eigenvalue weighted by Crippen LogP contribution is 2.34. The van der Waals surface area contributed by atoms with Crippen LogP contribution in [0.5, 0.6) is 0 Å². The molecule has 1 unspecified atom stereocenters. The number of benzene rings is 1. The smallest absolute Gasteiger partial charge is 0.0588 e. The summed E-state index contributed by atoms with van der Waals surface area (Å²) in [5, 5.41) is 0. The minimum Gasteiger partial charge on any atom is -0.362 e. The summed E-state index contributed by atoms with van der Waals surface area (Å²) in [6, 6.07) is 6.97. The van der Waals surface area contributed by atoms with Crippen molar-refractivity contribution in [2.45, 2.75) is 13.0 Å². The number of aryl methyl sites for hydroxylation is 1. The van der Waals surface area contributed by atoms with Crippen LogP contribution in [0.2, 0.25) is 0 Å². The second-order valence-corrected chi connectivity index (χ2v) is 4.35. The highest BCUT2D eigenvalue weighted by Gasteiger charge is 2.33. The molecule has 1 aliphatic rings. The van der Waals surface area contributed by atoms with Crippen LogP contribution in [-0.4, -0.2) is 19.1 Å². The second kappa shape index (κ2) is 3.31. The summed E-state index contributed by atoms with van der Waals surface area (Å²) in [5.41, 5.74) is 8.13. The van der Waals surface area contributed by atoms with Gasteiger partial charge in [-0.2, -0.15) is 0 Å². The van der Waals surface area contributed by atoms with Gasteiger partial charge in [0.25, 0.3) is 0 Å². The Morgan fingerprint density at radius 3 is 2.92 bits per heavy atom. The SMILES string of the molecule is Cc1ccc(N2CC2CN)c(Br)c1. The molecule has 1 aromatic rings. The van der Waals surface area contributed by atoms with Crippen LogP contribution in [-0.2, 0) is 0 Å². The molecule has 0 aromatic heterocycles. The predicted octanol–water partition coefficient (Wildman–Crippen LogP) is 1.90. The predicted molar refractivity (Wildman–Crippen MR) is 59.1 cm³/mol. The van der Waals surface area contributed by atoms with Crippen molar-refractivity contribution in [2.75, 3.05) is 18.0 Å². The molecule has 2 rings (SSSR count). The fraction of sp³-hybridized carbons (Fsp3) is 0.400. The average molecular weight is 241 g/mol. The Balaban J connectivity index is 2.22. The first-order valence-electron chi connectivity index (χ1n) is 4.45. The first-order chi connectivity index (χ1) is 6.22. The van der Waals surface area contributed by atoms with E-state index in [1.165, 1.54) is 15.7 Å². The Hall–Kier alpha value is -0.540. The molecule has 0 saturated carbocycles. The molecule has 1 fully saturated rings. The van der Waals surface area contributed by atoms with Gasteiger partial charge in [-0.25, -0.2) is 0 Å². The summed E-state index contributed by atoms with van der Waals surface area (Å²) in [6.07, 6.45) is 0. The Kier molecular flexibility index (Phi) is 2.30. The lowest BCUT2D eigenvalue weighted by atomic mass is 10.2. The third-order valence-corrected chi connectivity index (χ3v) is 3.03. The van der Waals surface area contributed by atoms with Crippen molar-refractivity contribution in [3.8, 4) is 0 Å². The zero-order chi connectivity index (χ0) is 9.42. The van der Waals surface area contributed by atoms with Gasteiger partial charge in [-0.05, 0) is 40.5 Å². The standard InChI is InChI=1S/C10H13BrN2/c1-7-2-3-10(9(11)4-7)13-6-8(13)5-12/h2-4,8H,5-6,12H2,1H3. The van der Waals surface area contributed by atoms with Crippen molar-refractivity contribution < 1.29 is 0 Å². The van der Waals surface area contributed by atoms with E-state index in [0.717, 1.165) is 13.1 Å². The molecule has 70 valence electrons. The van der Waals surface area contributed by atoms with Crippen LogP contribution >= 0.6 is 15.9 Å². The third-order valence-electron chi connectivity index (χ3n) is 2.40. The second-order valence-electron chi connectivity index (χ2n) is 3.50. The van der Waals surface area contributed by atoms with E-state index >= 15 is 0 Å². The summed E-state index contributed by atoms with van der Waals surface area (Å²) >= 11 is 3.56. The van der Waals surface area contributed by atoms with Crippen molar-refractivity contribution in [1.82, 2.24) is 0 Å². The van der Waals surface area contributed by atoms with E-state index in [9.17, 15) is 0 Å². The van der Waals surface area contributed by atoms with E-state index in [4.69, 9.17) is 5.73 Å². The highest BCUT2D eigenvalue weighted by molar-refractivity contribution is 9.10. The molecule has 1 saturated heterocycles. The van der Waals surface area contributed by atoms with Crippen molar-refractivity contribution >= 4 is 21.6 Å². The number of hydrogen-bond acceptors (Lipinski definition) is 2. The van der Waals surface area contributed by atoms with Gasteiger partial charge in [0.1, 0.15) is 0 Å². The third kappa shape index (κ3) is 1.71. The summed E-state index contributed by atoms with van der Waals surface area (Å²) in [5.74, 6) is 0. The van der Waals surface area contributed by atoms with Crippen LogP contribution in [0.15, 0.2) is 22.7 Å². The lowest BCUT2D eigenvalue weighted by molar-refractivity contribution is 0.966. The molecule has 13 heavy (non-hydrogen) atoms.